The lowest BCUT2D eigenvalue weighted by molar-refractivity contribution is 0.306. The van der Waals surface area contributed by atoms with E-state index in [0.717, 1.165) is 17.7 Å². The second-order valence-corrected chi connectivity index (χ2v) is 6.82. The van der Waals surface area contributed by atoms with Crippen LogP contribution in [0.5, 0.6) is 5.75 Å². The van der Waals surface area contributed by atoms with E-state index in [1.54, 1.807) is 30.5 Å². The highest BCUT2D eigenvalue weighted by molar-refractivity contribution is 6.37. The summed E-state index contributed by atoms with van der Waals surface area (Å²) in [4.78, 5) is 4.44. The quantitative estimate of drug-likeness (QED) is 0.406. The Morgan fingerprint density at radius 1 is 0.963 bits per heavy atom. The highest BCUT2D eigenvalue weighted by Crippen LogP contribution is 2.34. The summed E-state index contributed by atoms with van der Waals surface area (Å²) in [6.45, 7) is 2.29. The molecule has 0 spiro atoms. The minimum absolute atomic E-state index is 0.175. The van der Waals surface area contributed by atoms with Gasteiger partial charge in [0.1, 0.15) is 12.4 Å². The van der Waals surface area contributed by atoms with Crippen LogP contribution in [0.3, 0.4) is 0 Å². The largest absolute Gasteiger partial charge is 0.486 e. The highest BCUT2D eigenvalue weighted by Gasteiger charge is 2.10. The summed E-state index contributed by atoms with van der Waals surface area (Å²) in [7, 11) is 0. The minimum atomic E-state index is -0.313. The van der Waals surface area contributed by atoms with E-state index in [-0.39, 0.29) is 12.4 Å². The predicted molar refractivity (Wildman–Crippen MR) is 110 cm³/mol. The zero-order valence-electron chi connectivity index (χ0n) is 14.8. The van der Waals surface area contributed by atoms with Crippen LogP contribution < -0.4 is 4.74 Å². The summed E-state index contributed by atoms with van der Waals surface area (Å²) in [5.41, 5.74) is 3.58. The SMILES string of the molecule is CCc1ccc(N=Cc2cc(Cl)c(OCc3cccc(F)c3)c(Cl)c2)cc1. The molecule has 0 aromatic heterocycles. The van der Waals surface area contributed by atoms with E-state index in [1.807, 2.05) is 12.1 Å². The molecule has 3 aromatic rings. The molecule has 3 rings (SSSR count). The van der Waals surface area contributed by atoms with E-state index in [0.29, 0.717) is 21.4 Å². The maximum absolute atomic E-state index is 13.2. The zero-order valence-corrected chi connectivity index (χ0v) is 16.3. The fraction of sp³-hybridized carbons (Fsp3) is 0.136. The topological polar surface area (TPSA) is 21.6 Å². The lowest BCUT2D eigenvalue weighted by Crippen LogP contribution is -1.98. The van der Waals surface area contributed by atoms with Crippen LogP contribution >= 0.6 is 23.2 Å². The number of ether oxygens (including phenoxy) is 1. The molecule has 0 N–H and O–H groups in total. The van der Waals surface area contributed by atoms with E-state index >= 15 is 0 Å². The Kier molecular flexibility index (Phi) is 6.49. The number of aryl methyl sites for hydroxylation is 1. The Balaban J connectivity index is 1.72. The van der Waals surface area contributed by atoms with Gasteiger partial charge in [0.25, 0.3) is 0 Å². The molecule has 0 atom stereocenters. The summed E-state index contributed by atoms with van der Waals surface area (Å²) in [5, 5.41) is 0.753. The van der Waals surface area contributed by atoms with Gasteiger partial charge in [0, 0.05) is 6.21 Å². The predicted octanol–water partition coefficient (Wildman–Crippen LogP) is 7.02. The maximum atomic E-state index is 13.2. The summed E-state index contributed by atoms with van der Waals surface area (Å²) in [5.74, 6) is 0.0545. The third kappa shape index (κ3) is 5.31. The molecule has 27 heavy (non-hydrogen) atoms. The first kappa shape index (κ1) is 19.4. The number of rotatable bonds is 6. The molecule has 138 valence electrons. The Morgan fingerprint density at radius 2 is 1.67 bits per heavy atom. The smallest absolute Gasteiger partial charge is 0.157 e. The van der Waals surface area contributed by atoms with Gasteiger partial charge in [-0.1, -0.05) is 54.4 Å². The van der Waals surface area contributed by atoms with Gasteiger partial charge < -0.3 is 4.74 Å². The van der Waals surface area contributed by atoms with Crippen LogP contribution in [0.25, 0.3) is 0 Å². The molecule has 5 heteroatoms. The fourth-order valence-corrected chi connectivity index (χ4v) is 3.15. The van der Waals surface area contributed by atoms with Gasteiger partial charge in [-0.15, -0.1) is 0 Å². The number of nitrogens with zero attached hydrogens (tertiary/aromatic N) is 1. The van der Waals surface area contributed by atoms with Crippen molar-refractivity contribution in [2.24, 2.45) is 4.99 Å². The molecule has 0 fully saturated rings. The molecule has 0 aliphatic heterocycles. The van der Waals surface area contributed by atoms with Gasteiger partial charge in [0.15, 0.2) is 5.75 Å². The van der Waals surface area contributed by atoms with Gasteiger partial charge in [-0.25, -0.2) is 4.39 Å². The number of benzene rings is 3. The van der Waals surface area contributed by atoms with Crippen LogP contribution in [0.15, 0.2) is 65.7 Å². The van der Waals surface area contributed by atoms with Crippen molar-refractivity contribution in [3.63, 3.8) is 0 Å². The molecule has 2 nitrogen and oxygen atoms in total. The minimum Gasteiger partial charge on any atom is -0.486 e. The second kappa shape index (κ2) is 9.03. The third-order valence-corrected chi connectivity index (χ3v) is 4.56. The van der Waals surface area contributed by atoms with Gasteiger partial charge in [-0.05, 0) is 59.5 Å². The molecule has 0 aliphatic carbocycles. The molecule has 0 unspecified atom stereocenters. The molecular weight excluding hydrogens is 384 g/mol. The van der Waals surface area contributed by atoms with Crippen molar-refractivity contribution in [3.05, 3.63) is 93.2 Å². The first-order valence-corrected chi connectivity index (χ1v) is 9.30. The Morgan fingerprint density at radius 3 is 2.30 bits per heavy atom. The Bertz CT molecular complexity index is 932. The number of hydrogen-bond donors (Lipinski definition) is 0. The Hall–Kier alpha value is -2.36. The van der Waals surface area contributed by atoms with Crippen LogP contribution in [-0.2, 0) is 13.0 Å². The average Bonchev–Trinajstić information content (AvgIpc) is 2.66. The van der Waals surface area contributed by atoms with Crippen molar-refractivity contribution in [2.75, 3.05) is 0 Å². The van der Waals surface area contributed by atoms with Gasteiger partial charge in [0.2, 0.25) is 0 Å². The fourth-order valence-electron chi connectivity index (χ4n) is 2.54. The summed E-state index contributed by atoms with van der Waals surface area (Å²) in [6, 6.07) is 17.7. The molecule has 0 aliphatic rings. The van der Waals surface area contributed by atoms with Gasteiger partial charge >= 0.3 is 0 Å². The summed E-state index contributed by atoms with van der Waals surface area (Å²) < 4.78 is 18.9. The van der Waals surface area contributed by atoms with Crippen LogP contribution in [0.1, 0.15) is 23.6 Å². The van der Waals surface area contributed by atoms with Gasteiger partial charge in [0.05, 0.1) is 15.7 Å². The molecule has 0 saturated heterocycles. The molecule has 3 aromatic carbocycles. The van der Waals surface area contributed by atoms with Crippen molar-refractivity contribution >= 4 is 35.1 Å². The lowest BCUT2D eigenvalue weighted by atomic mass is 10.1. The van der Waals surface area contributed by atoms with Gasteiger partial charge in [-0.2, -0.15) is 0 Å². The average molecular weight is 402 g/mol. The van der Waals surface area contributed by atoms with E-state index in [4.69, 9.17) is 27.9 Å². The van der Waals surface area contributed by atoms with E-state index in [9.17, 15) is 4.39 Å². The Labute approximate surface area is 168 Å². The van der Waals surface area contributed by atoms with Crippen LogP contribution in [0, 0.1) is 5.82 Å². The van der Waals surface area contributed by atoms with Crippen molar-refractivity contribution in [2.45, 2.75) is 20.0 Å². The van der Waals surface area contributed by atoms with Crippen LogP contribution in [0.4, 0.5) is 10.1 Å². The third-order valence-electron chi connectivity index (χ3n) is 4.00. The van der Waals surface area contributed by atoms with E-state index < -0.39 is 0 Å². The van der Waals surface area contributed by atoms with E-state index in [2.05, 4.69) is 24.0 Å². The zero-order chi connectivity index (χ0) is 19.2. The van der Waals surface area contributed by atoms with Crippen LogP contribution in [0.2, 0.25) is 10.0 Å². The standard InChI is InChI=1S/C22H18Cl2FNO/c1-2-15-6-8-19(9-7-15)26-13-17-11-20(23)22(21(24)12-17)27-14-16-4-3-5-18(25)10-16/h3-13H,2,14H2,1H3. The first-order valence-electron chi connectivity index (χ1n) is 8.54. The molecule has 0 bridgehead atoms. The molecular formula is C22H18Cl2FNO. The number of hydrogen-bond acceptors (Lipinski definition) is 2. The molecule has 0 amide bonds. The van der Waals surface area contributed by atoms with Crippen LogP contribution in [-0.4, -0.2) is 6.21 Å². The van der Waals surface area contributed by atoms with Gasteiger partial charge in [-0.3, -0.25) is 4.99 Å². The van der Waals surface area contributed by atoms with E-state index in [1.165, 1.54) is 17.7 Å². The van der Waals surface area contributed by atoms with Crippen molar-refractivity contribution < 1.29 is 9.13 Å². The second-order valence-electron chi connectivity index (χ2n) is 6.01. The summed E-state index contributed by atoms with van der Waals surface area (Å²) in [6.07, 6.45) is 2.70. The van der Waals surface area contributed by atoms with Crippen molar-refractivity contribution in [1.29, 1.82) is 0 Å². The molecule has 0 heterocycles. The normalized spacial score (nSPS) is 11.1. The molecule has 0 saturated carbocycles. The summed E-state index contributed by atoms with van der Waals surface area (Å²) >= 11 is 12.6. The van der Waals surface area contributed by atoms with Crippen molar-refractivity contribution in [3.8, 4) is 5.75 Å². The maximum Gasteiger partial charge on any atom is 0.157 e. The molecule has 0 radical (unpaired) electrons. The first-order chi connectivity index (χ1) is 13.0. The number of aliphatic imine (C=N–C) groups is 1. The highest BCUT2D eigenvalue weighted by atomic mass is 35.5. The monoisotopic (exact) mass is 401 g/mol. The number of halogens is 3. The van der Waals surface area contributed by atoms with Crippen molar-refractivity contribution in [1.82, 2.24) is 0 Å². The lowest BCUT2D eigenvalue weighted by Gasteiger charge is -2.11.